The molecule has 152 valence electrons. The van der Waals surface area contributed by atoms with Crippen LogP contribution in [0, 0.1) is 11.3 Å². The normalized spacial score (nSPS) is 10.8. The third kappa shape index (κ3) is 4.61. The van der Waals surface area contributed by atoms with Crippen molar-refractivity contribution in [2.75, 3.05) is 31.6 Å². The number of rotatable bonds is 8. The number of nitriles is 1. The highest BCUT2D eigenvalue weighted by molar-refractivity contribution is 6.36. The summed E-state index contributed by atoms with van der Waals surface area (Å²) >= 11 is 0. The largest absolute Gasteiger partial charge is 0.456 e. The maximum Gasteiger partial charge on any atom is 0.135 e. The van der Waals surface area contributed by atoms with E-state index >= 15 is 0 Å². The Bertz CT molecular complexity index is 1250. The average Bonchev–Trinajstić information content (AvgIpc) is 3.28. The molecule has 7 heteroatoms. The number of hydrogen-bond acceptors (Lipinski definition) is 6. The van der Waals surface area contributed by atoms with Gasteiger partial charge in [-0.1, -0.05) is 23.7 Å². The molecule has 4 aromatic rings. The number of aliphatic hydroxyl groups excluding tert-OH is 1. The monoisotopic (exact) mass is 408 g/mol. The van der Waals surface area contributed by atoms with Crippen molar-refractivity contribution >= 4 is 29.8 Å². The van der Waals surface area contributed by atoms with Gasteiger partial charge in [-0.2, -0.15) is 5.26 Å². The molecule has 31 heavy (non-hydrogen) atoms. The highest BCUT2D eigenvalue weighted by atomic mass is 16.3. The number of fused-ring (bicyclic) bond motifs is 1. The summed E-state index contributed by atoms with van der Waals surface area (Å²) in [5.41, 5.74) is 3.34. The van der Waals surface area contributed by atoms with Crippen LogP contribution in [-0.4, -0.2) is 44.2 Å². The van der Waals surface area contributed by atoms with Gasteiger partial charge in [-0.15, -0.1) is 0 Å². The van der Waals surface area contributed by atoms with Gasteiger partial charge in [0.1, 0.15) is 25.4 Å². The zero-order valence-electron chi connectivity index (χ0n) is 16.9. The summed E-state index contributed by atoms with van der Waals surface area (Å²) in [6, 6.07) is 18.2. The summed E-state index contributed by atoms with van der Waals surface area (Å²) < 4.78 is 6.04. The van der Waals surface area contributed by atoms with Gasteiger partial charge in [-0.3, -0.25) is 4.98 Å². The minimum Gasteiger partial charge on any atom is -0.456 e. The van der Waals surface area contributed by atoms with Gasteiger partial charge in [0.2, 0.25) is 0 Å². The number of aliphatic hydroxyl groups is 1. The Hall–Kier alpha value is -3.60. The Morgan fingerprint density at radius 2 is 1.77 bits per heavy atom. The van der Waals surface area contributed by atoms with Gasteiger partial charge in [-0.05, 0) is 41.1 Å². The lowest BCUT2D eigenvalue weighted by Gasteiger charge is -2.09. The standard InChI is InChI=1S/C24H21BN4O2/c25-21-15-28-14-19(13-26)24(21)23-6-5-22(31-23)18-2-1-17-12-20(4-3-16(17)11-18)29-8-7-27-9-10-30/h1-6,11-12,14-15,27,29-30H,7-10H2. The minimum atomic E-state index is 0.144. The van der Waals surface area contributed by atoms with Gasteiger partial charge >= 0.3 is 0 Å². The van der Waals surface area contributed by atoms with Crippen LogP contribution < -0.4 is 16.1 Å². The molecule has 0 aliphatic heterocycles. The maximum atomic E-state index is 9.36. The lowest BCUT2D eigenvalue weighted by Crippen LogP contribution is -2.24. The van der Waals surface area contributed by atoms with E-state index in [1.807, 2.05) is 24.3 Å². The molecule has 0 bridgehead atoms. The van der Waals surface area contributed by atoms with Crippen molar-refractivity contribution < 1.29 is 9.52 Å². The second-order valence-corrected chi connectivity index (χ2v) is 7.10. The molecule has 2 aromatic carbocycles. The lowest BCUT2D eigenvalue weighted by atomic mass is 9.89. The molecular formula is C24H21BN4O2. The van der Waals surface area contributed by atoms with Crippen molar-refractivity contribution in [2.45, 2.75) is 0 Å². The molecule has 3 N–H and O–H groups in total. The van der Waals surface area contributed by atoms with Crippen LogP contribution >= 0.6 is 0 Å². The first-order valence-electron chi connectivity index (χ1n) is 10.0. The molecule has 0 spiro atoms. The van der Waals surface area contributed by atoms with Crippen molar-refractivity contribution in [3.8, 4) is 28.7 Å². The van der Waals surface area contributed by atoms with E-state index in [0.29, 0.717) is 34.7 Å². The molecule has 4 rings (SSSR count). The van der Waals surface area contributed by atoms with E-state index in [-0.39, 0.29) is 6.61 Å². The molecule has 2 radical (unpaired) electrons. The van der Waals surface area contributed by atoms with Crippen molar-refractivity contribution in [3.05, 3.63) is 66.5 Å². The van der Waals surface area contributed by atoms with E-state index in [1.165, 1.54) is 12.4 Å². The van der Waals surface area contributed by atoms with Crippen LogP contribution in [0.5, 0.6) is 0 Å². The van der Waals surface area contributed by atoms with E-state index in [9.17, 15) is 5.26 Å². The molecule has 6 nitrogen and oxygen atoms in total. The number of pyridine rings is 1. The molecule has 0 fully saturated rings. The second-order valence-electron chi connectivity index (χ2n) is 7.10. The van der Waals surface area contributed by atoms with E-state index in [1.54, 1.807) is 0 Å². The molecule has 0 amide bonds. The van der Waals surface area contributed by atoms with Crippen LogP contribution in [0.25, 0.3) is 33.4 Å². The van der Waals surface area contributed by atoms with Crippen molar-refractivity contribution in [3.63, 3.8) is 0 Å². The quantitative estimate of drug-likeness (QED) is 0.307. The third-order valence-corrected chi connectivity index (χ3v) is 4.99. The van der Waals surface area contributed by atoms with Gasteiger partial charge in [0, 0.05) is 48.8 Å². The number of aromatic nitrogens is 1. The first kappa shape index (κ1) is 20.7. The smallest absolute Gasteiger partial charge is 0.135 e. The molecule has 0 saturated carbocycles. The number of furan rings is 1. The Labute approximate surface area is 182 Å². The molecule has 0 aliphatic rings. The third-order valence-electron chi connectivity index (χ3n) is 4.99. The zero-order chi connectivity index (χ0) is 21.6. The summed E-state index contributed by atoms with van der Waals surface area (Å²) in [7, 11) is 6.03. The maximum absolute atomic E-state index is 9.36. The SMILES string of the molecule is [B]c1cncc(C#N)c1-c1ccc(-c2ccc3cc(NCCNCCO)ccc3c2)o1. The molecule has 2 heterocycles. The van der Waals surface area contributed by atoms with Crippen LogP contribution in [0.2, 0.25) is 0 Å². The first-order chi connectivity index (χ1) is 15.2. The topological polar surface area (TPSA) is 94.1 Å². The molecule has 0 unspecified atom stereocenters. The fraction of sp³-hybridized carbons (Fsp3) is 0.167. The van der Waals surface area contributed by atoms with Gasteiger partial charge < -0.3 is 20.2 Å². The van der Waals surface area contributed by atoms with Crippen LogP contribution in [0.3, 0.4) is 0 Å². The summed E-state index contributed by atoms with van der Waals surface area (Å²) in [6.07, 6.45) is 3.00. The molecular weight excluding hydrogens is 387 g/mol. The number of hydrogen-bond donors (Lipinski definition) is 3. The second kappa shape index (κ2) is 9.48. The average molecular weight is 408 g/mol. The predicted molar refractivity (Wildman–Crippen MR) is 123 cm³/mol. The van der Waals surface area contributed by atoms with Gasteiger partial charge in [0.05, 0.1) is 12.2 Å². The van der Waals surface area contributed by atoms with E-state index in [0.717, 1.165) is 35.1 Å². The zero-order valence-corrected chi connectivity index (χ0v) is 16.9. The molecule has 0 saturated heterocycles. The van der Waals surface area contributed by atoms with E-state index in [2.05, 4.69) is 46.0 Å². The van der Waals surface area contributed by atoms with Gasteiger partial charge in [0.25, 0.3) is 0 Å². The summed E-state index contributed by atoms with van der Waals surface area (Å²) in [5.74, 6) is 1.25. The Kier molecular flexibility index (Phi) is 6.32. The highest BCUT2D eigenvalue weighted by Crippen LogP contribution is 2.31. The van der Waals surface area contributed by atoms with Crippen LogP contribution in [-0.2, 0) is 0 Å². The van der Waals surface area contributed by atoms with Crippen LogP contribution in [0.1, 0.15) is 5.56 Å². The van der Waals surface area contributed by atoms with Crippen molar-refractivity contribution in [2.24, 2.45) is 0 Å². The fourth-order valence-electron chi connectivity index (χ4n) is 3.47. The van der Waals surface area contributed by atoms with Crippen molar-refractivity contribution in [1.82, 2.24) is 10.3 Å². The minimum absolute atomic E-state index is 0.144. The number of benzene rings is 2. The predicted octanol–water partition coefficient (Wildman–Crippen LogP) is 2.82. The summed E-state index contributed by atoms with van der Waals surface area (Å²) in [6.45, 7) is 2.31. The Morgan fingerprint density at radius 3 is 2.61 bits per heavy atom. The lowest BCUT2D eigenvalue weighted by molar-refractivity contribution is 0.293. The first-order valence-corrected chi connectivity index (χ1v) is 10.0. The highest BCUT2D eigenvalue weighted by Gasteiger charge is 2.13. The number of anilines is 1. The number of nitrogens with zero attached hydrogens (tertiary/aromatic N) is 2. The summed E-state index contributed by atoms with van der Waals surface area (Å²) in [5, 5.41) is 26.9. The van der Waals surface area contributed by atoms with E-state index in [4.69, 9.17) is 17.4 Å². The summed E-state index contributed by atoms with van der Waals surface area (Å²) in [4.78, 5) is 3.97. The Balaban J connectivity index is 1.55. The fourth-order valence-corrected chi connectivity index (χ4v) is 3.47. The number of nitrogens with one attached hydrogen (secondary N) is 2. The van der Waals surface area contributed by atoms with Gasteiger partial charge in [-0.25, -0.2) is 0 Å². The van der Waals surface area contributed by atoms with Crippen LogP contribution in [0.4, 0.5) is 5.69 Å². The Morgan fingerprint density at radius 1 is 0.968 bits per heavy atom. The van der Waals surface area contributed by atoms with Crippen molar-refractivity contribution in [1.29, 1.82) is 5.26 Å². The molecule has 0 atom stereocenters. The van der Waals surface area contributed by atoms with Crippen LogP contribution in [0.15, 0.2) is 65.3 Å². The van der Waals surface area contributed by atoms with Gasteiger partial charge in [0.15, 0.2) is 0 Å². The van der Waals surface area contributed by atoms with E-state index < -0.39 is 0 Å². The molecule has 0 aliphatic carbocycles. The molecule has 2 aromatic heterocycles.